The molecule has 158 valence electrons. The number of hydrogen-bond acceptors (Lipinski definition) is 5. The van der Waals surface area contributed by atoms with Gasteiger partial charge in [-0.25, -0.2) is 4.98 Å². The maximum absolute atomic E-state index is 13.3. The zero-order chi connectivity index (χ0) is 21.6. The minimum absolute atomic E-state index is 0.00390. The number of carbonyl (C=O) groups excluding carboxylic acids is 1. The van der Waals surface area contributed by atoms with Crippen LogP contribution in [0.25, 0.3) is 10.2 Å². The molecule has 0 fully saturated rings. The van der Waals surface area contributed by atoms with Crippen LogP contribution in [0.5, 0.6) is 0 Å². The number of amides is 1. The lowest BCUT2D eigenvalue weighted by Gasteiger charge is -2.22. The predicted molar refractivity (Wildman–Crippen MR) is 126 cm³/mol. The molecule has 1 atom stereocenters. The molecule has 0 N–H and O–H groups in total. The Morgan fingerprint density at radius 1 is 1.23 bits per heavy atom. The van der Waals surface area contributed by atoms with Crippen LogP contribution in [0, 0.1) is 19.8 Å². The first-order valence-electron chi connectivity index (χ1n) is 10.3. The number of hydrogen-bond donors (Lipinski definition) is 0. The lowest BCUT2D eigenvalue weighted by atomic mass is 10.2. The number of benzene rings is 1. The molecule has 0 saturated heterocycles. The summed E-state index contributed by atoms with van der Waals surface area (Å²) in [4.78, 5) is 35.1. The van der Waals surface area contributed by atoms with Crippen molar-refractivity contribution in [2.45, 2.75) is 58.0 Å². The maximum atomic E-state index is 13.3. The summed E-state index contributed by atoms with van der Waals surface area (Å²) >= 11 is 2.95. The van der Waals surface area contributed by atoms with Crippen LogP contribution in [0.15, 0.2) is 34.2 Å². The van der Waals surface area contributed by atoms with Crippen molar-refractivity contribution in [2.75, 3.05) is 11.4 Å². The molecule has 1 aliphatic rings. The van der Waals surface area contributed by atoms with Crippen molar-refractivity contribution in [3.8, 4) is 0 Å². The van der Waals surface area contributed by atoms with E-state index < -0.39 is 0 Å². The second kappa shape index (κ2) is 8.19. The van der Waals surface area contributed by atoms with Crippen LogP contribution in [0.3, 0.4) is 0 Å². The second-order valence-electron chi connectivity index (χ2n) is 8.30. The van der Waals surface area contributed by atoms with Crippen molar-refractivity contribution in [1.82, 2.24) is 9.55 Å². The first kappa shape index (κ1) is 21.1. The molecule has 1 aliphatic heterocycles. The first-order valence-corrected chi connectivity index (χ1v) is 12.0. The van der Waals surface area contributed by atoms with Crippen molar-refractivity contribution < 1.29 is 4.79 Å². The fourth-order valence-electron chi connectivity index (χ4n) is 3.92. The molecule has 0 radical (unpaired) electrons. The van der Waals surface area contributed by atoms with E-state index in [9.17, 15) is 9.59 Å². The second-order valence-corrected chi connectivity index (χ2v) is 10.8. The number of nitrogens with zero attached hydrogens (tertiary/aromatic N) is 3. The predicted octanol–water partition coefficient (Wildman–Crippen LogP) is 4.80. The average Bonchev–Trinajstić information content (AvgIpc) is 3.25. The highest BCUT2D eigenvalue weighted by Gasteiger charge is 2.29. The Morgan fingerprint density at radius 2 is 1.97 bits per heavy atom. The molecule has 0 unspecified atom stereocenters. The monoisotopic (exact) mass is 441 g/mol. The summed E-state index contributed by atoms with van der Waals surface area (Å²) < 4.78 is 1.76. The van der Waals surface area contributed by atoms with Crippen LogP contribution in [-0.2, 0) is 17.8 Å². The molecule has 30 heavy (non-hydrogen) atoms. The van der Waals surface area contributed by atoms with Gasteiger partial charge in [-0.3, -0.25) is 14.2 Å². The van der Waals surface area contributed by atoms with Crippen LogP contribution >= 0.6 is 23.1 Å². The summed E-state index contributed by atoms with van der Waals surface area (Å²) in [7, 11) is 0. The standard InChI is InChI=1S/C23H27N3O2S2/c1-13(2)12-26-22(28)19-14(3)15(4)29-20(19)24-23(26)30-16(5)21(27)25-11-10-17-8-6-7-9-18(17)25/h6-9,13,16H,10-12H2,1-5H3/t16-/m0/s1. The highest BCUT2D eigenvalue weighted by atomic mass is 32.2. The first-order chi connectivity index (χ1) is 14.3. The Kier molecular flexibility index (Phi) is 5.77. The van der Waals surface area contributed by atoms with E-state index in [4.69, 9.17) is 4.98 Å². The van der Waals surface area contributed by atoms with Gasteiger partial charge in [-0.15, -0.1) is 11.3 Å². The Balaban J connectivity index is 1.69. The zero-order valence-electron chi connectivity index (χ0n) is 18.1. The summed E-state index contributed by atoms with van der Waals surface area (Å²) in [6.45, 7) is 11.4. The van der Waals surface area contributed by atoms with E-state index in [2.05, 4.69) is 19.9 Å². The van der Waals surface area contributed by atoms with Crippen LogP contribution in [0.1, 0.15) is 36.8 Å². The van der Waals surface area contributed by atoms with Crippen LogP contribution in [0.4, 0.5) is 5.69 Å². The maximum Gasteiger partial charge on any atom is 0.263 e. The van der Waals surface area contributed by atoms with Gasteiger partial charge >= 0.3 is 0 Å². The number of fused-ring (bicyclic) bond motifs is 2. The van der Waals surface area contributed by atoms with Crippen molar-refractivity contribution in [3.63, 3.8) is 0 Å². The fourth-order valence-corrected chi connectivity index (χ4v) is 5.97. The van der Waals surface area contributed by atoms with Gasteiger partial charge in [0.05, 0.1) is 10.6 Å². The number of aryl methyl sites for hydroxylation is 2. The van der Waals surface area contributed by atoms with Gasteiger partial charge in [0.1, 0.15) is 4.83 Å². The molecule has 1 aromatic carbocycles. The Labute approximate surface area is 185 Å². The third kappa shape index (κ3) is 3.69. The third-order valence-corrected chi connectivity index (χ3v) is 7.76. The van der Waals surface area contributed by atoms with Gasteiger partial charge < -0.3 is 4.90 Å². The molecule has 7 heteroatoms. The van der Waals surface area contributed by atoms with Crippen molar-refractivity contribution in [1.29, 1.82) is 0 Å². The van der Waals surface area contributed by atoms with Gasteiger partial charge in [0.25, 0.3) is 5.56 Å². The van der Waals surface area contributed by atoms with Crippen LogP contribution in [-0.4, -0.2) is 27.3 Å². The molecule has 5 nitrogen and oxygen atoms in total. The smallest absolute Gasteiger partial charge is 0.263 e. The van der Waals surface area contributed by atoms with E-state index in [1.807, 2.05) is 43.9 Å². The highest BCUT2D eigenvalue weighted by molar-refractivity contribution is 8.00. The highest BCUT2D eigenvalue weighted by Crippen LogP contribution is 2.33. The molecule has 4 rings (SSSR count). The molecule has 0 saturated carbocycles. The number of para-hydroxylation sites is 1. The summed E-state index contributed by atoms with van der Waals surface area (Å²) in [5, 5.41) is 1.02. The number of carbonyl (C=O) groups is 1. The van der Waals surface area contributed by atoms with Crippen molar-refractivity contribution >= 4 is 44.9 Å². The molecule has 2 aromatic heterocycles. The summed E-state index contributed by atoms with van der Waals surface area (Å²) in [6.07, 6.45) is 0.884. The van der Waals surface area contributed by atoms with Gasteiger partial charge in [0.15, 0.2) is 5.16 Å². The topological polar surface area (TPSA) is 55.2 Å². The van der Waals surface area contributed by atoms with E-state index in [1.165, 1.54) is 17.3 Å². The quantitative estimate of drug-likeness (QED) is 0.422. The molecule has 3 aromatic rings. The normalized spacial score (nSPS) is 14.5. The minimum Gasteiger partial charge on any atom is -0.311 e. The molecule has 0 spiro atoms. The van der Waals surface area contributed by atoms with Gasteiger partial charge in [-0.05, 0) is 50.3 Å². The summed E-state index contributed by atoms with van der Waals surface area (Å²) in [5.41, 5.74) is 3.23. The van der Waals surface area contributed by atoms with Crippen molar-refractivity contribution in [3.05, 3.63) is 50.6 Å². The van der Waals surface area contributed by atoms with Gasteiger partial charge in [-0.2, -0.15) is 0 Å². The van der Waals surface area contributed by atoms with Gasteiger partial charge in [-0.1, -0.05) is 43.8 Å². The lowest BCUT2D eigenvalue weighted by Crippen LogP contribution is -2.36. The lowest BCUT2D eigenvalue weighted by molar-refractivity contribution is -0.117. The molecular weight excluding hydrogens is 414 g/mol. The Bertz CT molecular complexity index is 1180. The van der Waals surface area contributed by atoms with E-state index in [0.29, 0.717) is 24.2 Å². The number of rotatable bonds is 5. The van der Waals surface area contributed by atoms with E-state index in [0.717, 1.165) is 32.8 Å². The molecule has 0 bridgehead atoms. The summed E-state index contributed by atoms with van der Waals surface area (Å²) in [6, 6.07) is 8.07. The number of thiophene rings is 1. The average molecular weight is 442 g/mol. The molecule has 3 heterocycles. The minimum atomic E-state index is -0.332. The number of anilines is 1. The third-order valence-electron chi connectivity index (χ3n) is 5.58. The van der Waals surface area contributed by atoms with Gasteiger partial charge in [0, 0.05) is 23.7 Å². The van der Waals surface area contributed by atoms with Crippen molar-refractivity contribution in [2.24, 2.45) is 5.92 Å². The largest absolute Gasteiger partial charge is 0.311 e. The fraction of sp³-hybridized carbons (Fsp3) is 0.435. The molecule has 0 aliphatic carbocycles. The number of aromatic nitrogens is 2. The van der Waals surface area contributed by atoms with Crippen LogP contribution in [0.2, 0.25) is 0 Å². The van der Waals surface area contributed by atoms with Crippen LogP contribution < -0.4 is 10.5 Å². The Morgan fingerprint density at radius 3 is 2.70 bits per heavy atom. The molecular formula is C23H27N3O2S2. The van der Waals surface area contributed by atoms with Gasteiger partial charge in [0.2, 0.25) is 5.91 Å². The Hall–Kier alpha value is -2.12. The zero-order valence-corrected chi connectivity index (χ0v) is 19.7. The molecule has 1 amide bonds. The number of thioether (sulfide) groups is 1. The van der Waals surface area contributed by atoms with E-state index in [-0.39, 0.29) is 16.7 Å². The summed E-state index contributed by atoms with van der Waals surface area (Å²) in [5.74, 6) is 0.367. The van der Waals surface area contributed by atoms with E-state index in [1.54, 1.807) is 15.9 Å². The van der Waals surface area contributed by atoms with E-state index >= 15 is 0 Å². The SMILES string of the molecule is Cc1sc2nc(S[C@@H](C)C(=O)N3CCc4ccccc43)n(CC(C)C)c(=O)c2c1C.